The van der Waals surface area contributed by atoms with Crippen molar-refractivity contribution in [2.45, 2.75) is 45.7 Å². The summed E-state index contributed by atoms with van der Waals surface area (Å²) in [6.07, 6.45) is 3.64. The molecule has 21 heavy (non-hydrogen) atoms. The second-order valence-corrected chi connectivity index (χ2v) is 5.94. The lowest BCUT2D eigenvalue weighted by Gasteiger charge is -2.37. The summed E-state index contributed by atoms with van der Waals surface area (Å²) >= 11 is 0. The minimum Gasteiger partial charge on any atom is -0.357 e. The number of aromatic nitrogens is 1. The summed E-state index contributed by atoms with van der Waals surface area (Å²) in [6, 6.07) is 7.00. The summed E-state index contributed by atoms with van der Waals surface area (Å²) in [6.45, 7) is 9.95. The third-order valence-corrected chi connectivity index (χ3v) is 4.44. The standard InChI is InChI=1S/C17H30N4/c1-4-11-18-14-15-7-6-8-17(19-15)20(3)16-9-12-21(5-2)13-10-16/h6-8,16,18H,4-5,9-14H2,1-3H3. The Morgan fingerprint density at radius 3 is 2.71 bits per heavy atom. The molecule has 1 aliphatic heterocycles. The van der Waals surface area contributed by atoms with Crippen LogP contribution in [0.25, 0.3) is 0 Å². The van der Waals surface area contributed by atoms with E-state index in [1.54, 1.807) is 0 Å². The number of hydrogen-bond donors (Lipinski definition) is 1. The Hall–Kier alpha value is -1.13. The van der Waals surface area contributed by atoms with E-state index in [0.29, 0.717) is 6.04 Å². The van der Waals surface area contributed by atoms with Crippen LogP contribution in [0.1, 0.15) is 38.8 Å². The van der Waals surface area contributed by atoms with E-state index in [1.807, 2.05) is 0 Å². The molecule has 118 valence electrons. The van der Waals surface area contributed by atoms with Crippen molar-refractivity contribution in [2.75, 3.05) is 38.1 Å². The molecule has 0 bridgehead atoms. The van der Waals surface area contributed by atoms with Gasteiger partial charge in [0.15, 0.2) is 0 Å². The monoisotopic (exact) mass is 290 g/mol. The average Bonchev–Trinajstić information content (AvgIpc) is 2.55. The fraction of sp³-hybridized carbons (Fsp3) is 0.706. The number of hydrogen-bond acceptors (Lipinski definition) is 4. The SMILES string of the molecule is CCCNCc1cccc(N(C)C2CCN(CC)CC2)n1. The molecule has 0 atom stereocenters. The summed E-state index contributed by atoms with van der Waals surface area (Å²) in [7, 11) is 2.19. The Kier molecular flexibility index (Phi) is 6.46. The molecule has 1 aromatic heterocycles. The van der Waals surface area contributed by atoms with Crippen molar-refractivity contribution >= 4 is 5.82 Å². The number of rotatable bonds is 7. The van der Waals surface area contributed by atoms with Crippen LogP contribution in [0.15, 0.2) is 18.2 Å². The molecule has 0 saturated carbocycles. The van der Waals surface area contributed by atoms with Crippen LogP contribution in [0.3, 0.4) is 0 Å². The lowest BCUT2D eigenvalue weighted by Crippen LogP contribution is -2.43. The summed E-state index contributed by atoms with van der Waals surface area (Å²) in [5.74, 6) is 1.11. The molecule has 1 aromatic rings. The van der Waals surface area contributed by atoms with Gasteiger partial charge in [-0.1, -0.05) is 19.9 Å². The van der Waals surface area contributed by atoms with Gasteiger partial charge in [-0.05, 0) is 44.5 Å². The van der Waals surface area contributed by atoms with Crippen LogP contribution in [-0.2, 0) is 6.54 Å². The predicted molar refractivity (Wildman–Crippen MR) is 89.8 cm³/mol. The van der Waals surface area contributed by atoms with Crippen molar-refractivity contribution in [3.05, 3.63) is 23.9 Å². The van der Waals surface area contributed by atoms with E-state index in [2.05, 4.69) is 54.2 Å². The smallest absolute Gasteiger partial charge is 0.128 e. The predicted octanol–water partition coefficient (Wildman–Crippen LogP) is 2.50. The first-order valence-electron chi connectivity index (χ1n) is 8.36. The molecule has 0 unspecified atom stereocenters. The van der Waals surface area contributed by atoms with Gasteiger partial charge in [-0.3, -0.25) is 0 Å². The van der Waals surface area contributed by atoms with E-state index in [0.717, 1.165) is 31.0 Å². The number of nitrogens with one attached hydrogen (secondary N) is 1. The molecule has 0 aliphatic carbocycles. The Morgan fingerprint density at radius 2 is 2.05 bits per heavy atom. The molecule has 2 heterocycles. The zero-order valence-corrected chi connectivity index (χ0v) is 13.8. The van der Waals surface area contributed by atoms with Crippen molar-refractivity contribution in [3.63, 3.8) is 0 Å². The lowest BCUT2D eigenvalue weighted by molar-refractivity contribution is 0.220. The van der Waals surface area contributed by atoms with Crippen LogP contribution in [-0.4, -0.2) is 49.2 Å². The first-order valence-corrected chi connectivity index (χ1v) is 8.36. The lowest BCUT2D eigenvalue weighted by atomic mass is 10.0. The number of pyridine rings is 1. The minimum absolute atomic E-state index is 0.624. The van der Waals surface area contributed by atoms with Crippen LogP contribution < -0.4 is 10.2 Å². The Morgan fingerprint density at radius 1 is 1.29 bits per heavy atom. The van der Waals surface area contributed by atoms with E-state index in [9.17, 15) is 0 Å². The molecular formula is C17H30N4. The highest BCUT2D eigenvalue weighted by Gasteiger charge is 2.22. The molecule has 4 heteroatoms. The van der Waals surface area contributed by atoms with Crippen LogP contribution in [0.5, 0.6) is 0 Å². The van der Waals surface area contributed by atoms with Gasteiger partial charge in [0.1, 0.15) is 5.82 Å². The minimum atomic E-state index is 0.624. The van der Waals surface area contributed by atoms with Gasteiger partial charge >= 0.3 is 0 Å². The number of nitrogens with zero attached hydrogens (tertiary/aromatic N) is 3. The van der Waals surface area contributed by atoms with E-state index in [-0.39, 0.29) is 0 Å². The van der Waals surface area contributed by atoms with Crippen LogP contribution in [0.4, 0.5) is 5.82 Å². The third kappa shape index (κ3) is 4.68. The van der Waals surface area contributed by atoms with Crippen LogP contribution in [0.2, 0.25) is 0 Å². The van der Waals surface area contributed by atoms with Crippen LogP contribution >= 0.6 is 0 Å². The molecule has 4 nitrogen and oxygen atoms in total. The summed E-state index contributed by atoms with van der Waals surface area (Å²) in [4.78, 5) is 9.71. The fourth-order valence-corrected chi connectivity index (χ4v) is 2.96. The van der Waals surface area contributed by atoms with Gasteiger partial charge in [-0.2, -0.15) is 0 Å². The summed E-state index contributed by atoms with van der Waals surface area (Å²) in [5, 5.41) is 3.42. The second kappa shape index (κ2) is 8.35. The maximum Gasteiger partial charge on any atom is 0.128 e. The molecule has 2 rings (SSSR count). The zero-order valence-electron chi connectivity index (χ0n) is 13.8. The molecule has 0 amide bonds. The van der Waals surface area contributed by atoms with Crippen molar-refractivity contribution in [1.82, 2.24) is 15.2 Å². The quantitative estimate of drug-likeness (QED) is 0.782. The highest BCUT2D eigenvalue weighted by Crippen LogP contribution is 2.20. The highest BCUT2D eigenvalue weighted by molar-refractivity contribution is 5.39. The van der Waals surface area contributed by atoms with Gasteiger partial charge in [0, 0.05) is 32.7 Å². The van der Waals surface area contributed by atoms with Gasteiger partial charge in [-0.25, -0.2) is 4.98 Å². The molecule has 0 spiro atoms. The maximum absolute atomic E-state index is 4.81. The van der Waals surface area contributed by atoms with Crippen molar-refractivity contribution in [2.24, 2.45) is 0 Å². The largest absolute Gasteiger partial charge is 0.357 e. The fourth-order valence-electron chi connectivity index (χ4n) is 2.96. The molecule has 0 radical (unpaired) electrons. The Bertz CT molecular complexity index is 413. The van der Waals surface area contributed by atoms with Gasteiger partial charge in [0.2, 0.25) is 0 Å². The molecular weight excluding hydrogens is 260 g/mol. The Labute approximate surface area is 129 Å². The molecule has 1 saturated heterocycles. The van der Waals surface area contributed by atoms with Crippen LogP contribution in [0, 0.1) is 0 Å². The van der Waals surface area contributed by atoms with Gasteiger partial charge in [0.05, 0.1) is 5.69 Å². The molecule has 1 N–H and O–H groups in total. The normalized spacial score (nSPS) is 17.1. The maximum atomic E-state index is 4.81. The number of likely N-dealkylation sites (tertiary alicyclic amines) is 1. The van der Waals surface area contributed by atoms with E-state index in [1.165, 1.54) is 32.5 Å². The summed E-state index contributed by atoms with van der Waals surface area (Å²) < 4.78 is 0. The van der Waals surface area contributed by atoms with Crippen molar-refractivity contribution in [1.29, 1.82) is 0 Å². The second-order valence-electron chi connectivity index (χ2n) is 5.94. The molecule has 1 fully saturated rings. The van der Waals surface area contributed by atoms with E-state index < -0.39 is 0 Å². The zero-order chi connectivity index (χ0) is 15.1. The topological polar surface area (TPSA) is 31.4 Å². The van der Waals surface area contributed by atoms with Gasteiger partial charge in [0.25, 0.3) is 0 Å². The van der Waals surface area contributed by atoms with Gasteiger partial charge < -0.3 is 15.1 Å². The highest BCUT2D eigenvalue weighted by atomic mass is 15.2. The number of anilines is 1. The summed E-state index contributed by atoms with van der Waals surface area (Å²) in [5.41, 5.74) is 1.14. The third-order valence-electron chi connectivity index (χ3n) is 4.44. The first kappa shape index (κ1) is 16.2. The first-order chi connectivity index (χ1) is 10.2. The van der Waals surface area contributed by atoms with E-state index >= 15 is 0 Å². The Balaban J connectivity index is 1.92. The molecule has 0 aromatic carbocycles. The van der Waals surface area contributed by atoms with Gasteiger partial charge in [-0.15, -0.1) is 0 Å². The van der Waals surface area contributed by atoms with Crippen molar-refractivity contribution in [3.8, 4) is 0 Å². The average molecular weight is 290 g/mol. The number of piperidine rings is 1. The molecule has 1 aliphatic rings. The van der Waals surface area contributed by atoms with E-state index in [4.69, 9.17) is 4.98 Å². The van der Waals surface area contributed by atoms with Crippen molar-refractivity contribution < 1.29 is 0 Å².